The standard InChI is InChI=1S/C12H12N7O2/c1-21-12-9-11(14-6-15-12)16-7-18(9)4-5-19-3-2-8(17-19)10(13)20/h3,6-7H,4-5H2,1H3,(H2,13,20). The van der Waals surface area contributed by atoms with E-state index in [1.165, 1.54) is 6.33 Å². The van der Waals surface area contributed by atoms with Crippen LogP contribution in [0.5, 0.6) is 5.88 Å². The number of methoxy groups -OCH3 is 1. The van der Waals surface area contributed by atoms with E-state index in [0.717, 1.165) is 0 Å². The fraction of sp³-hybridized carbons (Fsp3) is 0.250. The molecule has 0 atom stereocenters. The van der Waals surface area contributed by atoms with E-state index in [1.807, 2.05) is 4.57 Å². The van der Waals surface area contributed by atoms with Gasteiger partial charge in [-0.1, -0.05) is 0 Å². The van der Waals surface area contributed by atoms with Crippen LogP contribution < -0.4 is 10.5 Å². The number of fused-ring (bicyclic) bond motifs is 1. The number of carbonyl (C=O) groups excluding carboxylic acids is 1. The van der Waals surface area contributed by atoms with Crippen LogP contribution in [-0.4, -0.2) is 42.3 Å². The van der Waals surface area contributed by atoms with Crippen LogP contribution >= 0.6 is 0 Å². The van der Waals surface area contributed by atoms with Gasteiger partial charge < -0.3 is 15.0 Å². The number of nitrogens with two attached hydrogens (primary N) is 1. The molecule has 3 aromatic rings. The van der Waals surface area contributed by atoms with Crippen LogP contribution in [0.3, 0.4) is 0 Å². The first kappa shape index (κ1) is 13.0. The first-order valence-corrected chi connectivity index (χ1v) is 6.14. The van der Waals surface area contributed by atoms with Crippen molar-refractivity contribution in [3.05, 3.63) is 30.6 Å². The molecular formula is C12H12N7O2. The van der Waals surface area contributed by atoms with Crippen LogP contribution in [-0.2, 0) is 13.1 Å². The lowest BCUT2D eigenvalue weighted by atomic mass is 10.4. The number of rotatable bonds is 5. The van der Waals surface area contributed by atoms with E-state index in [2.05, 4.69) is 26.1 Å². The summed E-state index contributed by atoms with van der Waals surface area (Å²) in [7, 11) is 1.54. The van der Waals surface area contributed by atoms with Gasteiger partial charge in [-0.3, -0.25) is 9.48 Å². The molecule has 2 N–H and O–H groups in total. The summed E-state index contributed by atoms with van der Waals surface area (Å²) >= 11 is 0. The number of hydrogen-bond donors (Lipinski definition) is 1. The second-order valence-corrected chi connectivity index (χ2v) is 4.24. The molecule has 3 aromatic heterocycles. The van der Waals surface area contributed by atoms with Gasteiger partial charge in [-0.25, -0.2) is 9.97 Å². The number of aryl methyl sites for hydroxylation is 2. The number of amides is 1. The molecule has 0 aliphatic rings. The zero-order chi connectivity index (χ0) is 14.8. The topological polar surface area (TPSA) is 114 Å². The van der Waals surface area contributed by atoms with Gasteiger partial charge >= 0.3 is 0 Å². The molecule has 0 spiro atoms. The van der Waals surface area contributed by atoms with Gasteiger partial charge in [-0.15, -0.1) is 0 Å². The van der Waals surface area contributed by atoms with Gasteiger partial charge in [0.15, 0.2) is 16.9 Å². The molecule has 107 valence electrons. The SMILES string of the molecule is COc1ncnc2ncn(CCn3c[c]c(C(N)=O)n3)c12. The highest BCUT2D eigenvalue weighted by atomic mass is 16.5. The lowest BCUT2D eigenvalue weighted by Gasteiger charge is -2.06. The molecule has 9 heteroatoms. The van der Waals surface area contributed by atoms with Gasteiger partial charge in [0.2, 0.25) is 5.88 Å². The van der Waals surface area contributed by atoms with Crippen LogP contribution in [0.1, 0.15) is 10.5 Å². The van der Waals surface area contributed by atoms with Crippen molar-refractivity contribution in [2.45, 2.75) is 13.1 Å². The lowest BCUT2D eigenvalue weighted by molar-refractivity contribution is 0.0994. The Morgan fingerprint density at radius 2 is 2.24 bits per heavy atom. The van der Waals surface area contributed by atoms with Crippen molar-refractivity contribution in [2.24, 2.45) is 5.73 Å². The van der Waals surface area contributed by atoms with Crippen LogP contribution in [0.4, 0.5) is 0 Å². The normalized spacial score (nSPS) is 10.9. The first-order valence-electron chi connectivity index (χ1n) is 6.14. The fourth-order valence-corrected chi connectivity index (χ4v) is 1.97. The summed E-state index contributed by atoms with van der Waals surface area (Å²) in [4.78, 5) is 23.3. The molecule has 0 aliphatic carbocycles. The molecule has 21 heavy (non-hydrogen) atoms. The minimum atomic E-state index is -0.600. The molecule has 1 radical (unpaired) electrons. The quantitative estimate of drug-likeness (QED) is 0.684. The zero-order valence-electron chi connectivity index (χ0n) is 11.2. The first-order chi connectivity index (χ1) is 10.2. The van der Waals surface area contributed by atoms with Crippen molar-refractivity contribution in [1.29, 1.82) is 0 Å². The van der Waals surface area contributed by atoms with Crippen molar-refractivity contribution in [1.82, 2.24) is 29.3 Å². The number of aromatic nitrogens is 6. The van der Waals surface area contributed by atoms with E-state index < -0.39 is 5.91 Å². The summed E-state index contributed by atoms with van der Waals surface area (Å²) in [6, 6.07) is 2.70. The molecule has 3 rings (SSSR count). The van der Waals surface area contributed by atoms with Crippen LogP contribution in [0, 0.1) is 6.07 Å². The third-order valence-electron chi connectivity index (χ3n) is 2.95. The predicted molar refractivity (Wildman–Crippen MR) is 71.5 cm³/mol. The number of hydrogen-bond acceptors (Lipinski definition) is 6. The van der Waals surface area contributed by atoms with E-state index in [4.69, 9.17) is 10.5 Å². The third kappa shape index (κ3) is 2.40. The van der Waals surface area contributed by atoms with Gasteiger partial charge in [-0.05, 0) is 0 Å². The summed E-state index contributed by atoms with van der Waals surface area (Å²) in [5.41, 5.74) is 6.53. The summed E-state index contributed by atoms with van der Waals surface area (Å²) in [5.74, 6) is -0.140. The van der Waals surface area contributed by atoms with Gasteiger partial charge in [0, 0.05) is 18.8 Å². The average molecular weight is 286 g/mol. The highest BCUT2D eigenvalue weighted by molar-refractivity contribution is 5.90. The van der Waals surface area contributed by atoms with E-state index >= 15 is 0 Å². The smallest absolute Gasteiger partial charge is 0.269 e. The molecule has 0 bridgehead atoms. The maximum absolute atomic E-state index is 11.0. The van der Waals surface area contributed by atoms with Crippen LogP contribution in [0.25, 0.3) is 11.2 Å². The van der Waals surface area contributed by atoms with E-state index in [1.54, 1.807) is 24.3 Å². The molecule has 0 aromatic carbocycles. The van der Waals surface area contributed by atoms with Gasteiger partial charge in [0.1, 0.15) is 6.33 Å². The predicted octanol–water partition coefficient (Wildman–Crippen LogP) is -0.369. The Bertz CT molecular complexity index is 792. The summed E-state index contributed by atoms with van der Waals surface area (Å²) < 4.78 is 8.66. The Kier molecular flexibility index (Phi) is 3.22. The molecule has 0 fully saturated rings. The second kappa shape index (κ2) is 5.19. The van der Waals surface area contributed by atoms with Gasteiger partial charge in [-0.2, -0.15) is 10.1 Å². The third-order valence-corrected chi connectivity index (χ3v) is 2.95. The number of primary amides is 1. The minimum Gasteiger partial charge on any atom is -0.479 e. The van der Waals surface area contributed by atoms with Crippen molar-refractivity contribution >= 4 is 17.1 Å². The minimum absolute atomic E-state index is 0.117. The number of nitrogens with zero attached hydrogens (tertiary/aromatic N) is 6. The van der Waals surface area contributed by atoms with Crippen molar-refractivity contribution in [3.8, 4) is 5.88 Å². The Morgan fingerprint density at radius 1 is 1.38 bits per heavy atom. The molecule has 0 saturated heterocycles. The van der Waals surface area contributed by atoms with Crippen LogP contribution in [0.2, 0.25) is 0 Å². The molecule has 1 amide bonds. The van der Waals surface area contributed by atoms with Gasteiger partial charge in [0.05, 0.1) is 20.0 Å². The van der Waals surface area contributed by atoms with Crippen molar-refractivity contribution < 1.29 is 9.53 Å². The van der Waals surface area contributed by atoms with Gasteiger partial charge in [0.25, 0.3) is 5.91 Å². The maximum Gasteiger partial charge on any atom is 0.269 e. The highest BCUT2D eigenvalue weighted by Gasteiger charge is 2.11. The van der Waals surface area contributed by atoms with Crippen molar-refractivity contribution in [3.63, 3.8) is 0 Å². The number of ether oxygens (including phenoxy) is 1. The molecule has 9 nitrogen and oxygen atoms in total. The Morgan fingerprint density at radius 3 is 2.95 bits per heavy atom. The maximum atomic E-state index is 11.0. The molecule has 0 unspecified atom stereocenters. The van der Waals surface area contributed by atoms with Crippen LogP contribution in [0.15, 0.2) is 18.9 Å². The summed E-state index contributed by atoms with van der Waals surface area (Å²) in [6.45, 7) is 1.08. The number of imidazole rings is 1. The Balaban J connectivity index is 1.83. The Labute approximate surface area is 119 Å². The summed E-state index contributed by atoms with van der Waals surface area (Å²) in [6.07, 6.45) is 4.64. The average Bonchev–Trinajstić information content (AvgIpc) is 3.11. The zero-order valence-corrected chi connectivity index (χ0v) is 11.2. The lowest BCUT2D eigenvalue weighted by Crippen LogP contribution is -2.13. The van der Waals surface area contributed by atoms with E-state index in [-0.39, 0.29) is 5.69 Å². The largest absolute Gasteiger partial charge is 0.479 e. The Hall–Kier alpha value is -2.97. The molecule has 0 saturated carbocycles. The molecule has 3 heterocycles. The molecule has 0 aliphatic heterocycles. The monoisotopic (exact) mass is 286 g/mol. The van der Waals surface area contributed by atoms with E-state index in [0.29, 0.717) is 30.1 Å². The summed E-state index contributed by atoms with van der Waals surface area (Å²) in [5, 5.41) is 4.02. The fourth-order valence-electron chi connectivity index (χ4n) is 1.97. The van der Waals surface area contributed by atoms with Crippen molar-refractivity contribution in [2.75, 3.05) is 7.11 Å². The second-order valence-electron chi connectivity index (χ2n) is 4.24. The number of carbonyl (C=O) groups is 1. The highest BCUT2D eigenvalue weighted by Crippen LogP contribution is 2.19. The van der Waals surface area contributed by atoms with E-state index in [9.17, 15) is 4.79 Å². The molecular weight excluding hydrogens is 274 g/mol.